The molecule has 0 aromatic heterocycles. The predicted molar refractivity (Wildman–Crippen MR) is 95.6 cm³/mol. The van der Waals surface area contributed by atoms with Gasteiger partial charge in [-0.05, 0) is 36.8 Å². The van der Waals surface area contributed by atoms with Crippen molar-refractivity contribution in [2.24, 2.45) is 10.7 Å². The Bertz CT molecular complexity index is 746. The average molecular weight is 347 g/mol. The van der Waals surface area contributed by atoms with Crippen LogP contribution in [0.2, 0.25) is 0 Å². The Balaban J connectivity index is 2.07. The topological polar surface area (TPSA) is 89.1 Å². The van der Waals surface area contributed by atoms with E-state index in [2.05, 4.69) is 10.3 Å². The molecule has 0 heterocycles. The molecule has 0 spiro atoms. The van der Waals surface area contributed by atoms with Crippen molar-refractivity contribution < 1.29 is 19.0 Å². The largest absolute Gasteiger partial charge is 0.493 e. The lowest BCUT2D eigenvalue weighted by molar-refractivity contribution is 0.0673. The monoisotopic (exact) mass is 347 g/mol. The fourth-order valence-corrected chi connectivity index (χ4v) is 2.24. The molecule has 0 radical (unpaired) electrons. The van der Waals surface area contributed by atoms with Crippen molar-refractivity contribution in [3.8, 4) is 11.5 Å². The zero-order valence-corrected chi connectivity index (χ0v) is 14.4. The summed E-state index contributed by atoms with van der Waals surface area (Å²) < 4.78 is 23.4. The quantitative estimate of drug-likeness (QED) is 0.552. The Kier molecular flexibility index (Phi) is 5.82. The number of nitrogens with two attached hydrogens (primary N) is 1. The number of benzene rings is 2. The maximum absolute atomic E-state index is 13.0. The predicted octanol–water partition coefficient (Wildman–Crippen LogP) is 2.48. The maximum atomic E-state index is 13.0. The van der Waals surface area contributed by atoms with Gasteiger partial charge in [0.15, 0.2) is 17.5 Å². The summed E-state index contributed by atoms with van der Waals surface area (Å²) >= 11 is 0. The first kappa shape index (κ1) is 18.5. The van der Waals surface area contributed by atoms with Gasteiger partial charge in [0, 0.05) is 11.8 Å². The Morgan fingerprint density at radius 2 is 1.80 bits per heavy atom. The molecule has 0 amide bonds. The third kappa shape index (κ3) is 4.84. The number of ether oxygens (including phenoxy) is 2. The van der Waals surface area contributed by atoms with Crippen LogP contribution in [0.5, 0.6) is 11.5 Å². The van der Waals surface area contributed by atoms with Crippen molar-refractivity contribution in [1.29, 1.82) is 0 Å². The number of methoxy groups -OCH3 is 2. The van der Waals surface area contributed by atoms with Crippen LogP contribution in [0.25, 0.3) is 0 Å². The molecule has 2 aromatic rings. The van der Waals surface area contributed by atoms with Gasteiger partial charge in [0.2, 0.25) is 0 Å². The summed E-state index contributed by atoms with van der Waals surface area (Å²) in [6.45, 7) is 1.61. The van der Waals surface area contributed by atoms with Gasteiger partial charge in [-0.3, -0.25) is 0 Å². The number of anilines is 1. The first-order valence-electron chi connectivity index (χ1n) is 7.63. The van der Waals surface area contributed by atoms with E-state index in [1.54, 1.807) is 39.3 Å². The number of halogens is 1. The normalized spacial score (nSPS) is 13.9. The van der Waals surface area contributed by atoms with E-state index in [1.165, 1.54) is 24.3 Å². The van der Waals surface area contributed by atoms with Crippen LogP contribution in [0.1, 0.15) is 12.5 Å². The number of guanidine groups is 1. The number of rotatable bonds is 6. The second-order valence-corrected chi connectivity index (χ2v) is 5.68. The molecule has 0 fully saturated rings. The van der Waals surface area contributed by atoms with E-state index in [9.17, 15) is 9.50 Å². The highest BCUT2D eigenvalue weighted by molar-refractivity contribution is 5.92. The molecule has 0 aliphatic rings. The maximum Gasteiger partial charge on any atom is 0.193 e. The molecule has 25 heavy (non-hydrogen) atoms. The second-order valence-electron chi connectivity index (χ2n) is 5.68. The standard InChI is InChI=1S/C18H22FN3O3/c1-18(23,12-4-6-13(19)7-5-12)11-21-17(20)22-14-8-9-15(24-2)16(10-14)25-3/h4-10,23H,11H2,1-3H3,(H3,20,21,22). The zero-order chi connectivity index (χ0) is 18.4. The lowest BCUT2D eigenvalue weighted by atomic mass is 9.96. The van der Waals surface area contributed by atoms with Gasteiger partial charge in [-0.15, -0.1) is 0 Å². The molecule has 6 nitrogen and oxygen atoms in total. The molecular formula is C18H22FN3O3. The molecule has 2 aromatic carbocycles. The van der Waals surface area contributed by atoms with Gasteiger partial charge in [0.1, 0.15) is 11.4 Å². The van der Waals surface area contributed by atoms with Gasteiger partial charge in [-0.2, -0.15) is 0 Å². The van der Waals surface area contributed by atoms with Crippen molar-refractivity contribution in [3.63, 3.8) is 0 Å². The third-order valence-corrected chi connectivity index (χ3v) is 3.68. The van der Waals surface area contributed by atoms with Crippen molar-refractivity contribution in [2.45, 2.75) is 12.5 Å². The van der Waals surface area contributed by atoms with Crippen LogP contribution >= 0.6 is 0 Å². The molecule has 0 saturated heterocycles. The number of nitrogens with one attached hydrogen (secondary N) is 1. The highest BCUT2D eigenvalue weighted by atomic mass is 19.1. The minimum absolute atomic E-state index is 0.0186. The minimum Gasteiger partial charge on any atom is -0.493 e. The Morgan fingerprint density at radius 3 is 2.40 bits per heavy atom. The van der Waals surface area contributed by atoms with Crippen LogP contribution in [0.15, 0.2) is 47.5 Å². The van der Waals surface area contributed by atoms with Gasteiger partial charge in [0.25, 0.3) is 0 Å². The van der Waals surface area contributed by atoms with Crippen molar-refractivity contribution in [3.05, 3.63) is 53.8 Å². The fourth-order valence-electron chi connectivity index (χ4n) is 2.24. The summed E-state index contributed by atoms with van der Waals surface area (Å²) in [5, 5.41) is 13.4. The Labute approximate surface area is 146 Å². The first-order valence-corrected chi connectivity index (χ1v) is 7.63. The van der Waals surface area contributed by atoms with Gasteiger partial charge < -0.3 is 25.6 Å². The van der Waals surface area contributed by atoms with Gasteiger partial charge in [0.05, 0.1) is 20.8 Å². The summed E-state index contributed by atoms with van der Waals surface area (Å²) in [6.07, 6.45) is 0. The van der Waals surface area contributed by atoms with Gasteiger partial charge in [-0.25, -0.2) is 9.38 Å². The van der Waals surface area contributed by atoms with E-state index in [1.807, 2.05) is 0 Å². The first-order chi connectivity index (χ1) is 11.9. The summed E-state index contributed by atoms with van der Waals surface area (Å²) in [5.74, 6) is 0.925. The Hall–Kier alpha value is -2.80. The number of hydrogen-bond acceptors (Lipinski definition) is 4. The van der Waals surface area contributed by atoms with Crippen LogP contribution < -0.4 is 20.5 Å². The molecule has 134 valence electrons. The third-order valence-electron chi connectivity index (χ3n) is 3.68. The molecule has 0 aliphatic carbocycles. The SMILES string of the molecule is COc1ccc(NC(N)=NCC(C)(O)c2ccc(F)cc2)cc1OC. The molecule has 0 saturated carbocycles. The summed E-state index contributed by atoms with van der Waals surface area (Å²) in [4.78, 5) is 4.16. The summed E-state index contributed by atoms with van der Waals surface area (Å²) in [6, 6.07) is 10.8. The zero-order valence-electron chi connectivity index (χ0n) is 14.4. The van der Waals surface area contributed by atoms with Crippen LogP contribution in [0, 0.1) is 5.82 Å². The fraction of sp³-hybridized carbons (Fsp3) is 0.278. The van der Waals surface area contributed by atoms with Crippen LogP contribution in [0.3, 0.4) is 0 Å². The highest BCUT2D eigenvalue weighted by Crippen LogP contribution is 2.29. The summed E-state index contributed by atoms with van der Waals surface area (Å²) in [7, 11) is 3.09. The van der Waals surface area contributed by atoms with E-state index >= 15 is 0 Å². The average Bonchev–Trinajstić information content (AvgIpc) is 2.60. The second kappa shape index (κ2) is 7.85. The molecule has 7 heteroatoms. The molecule has 1 unspecified atom stereocenters. The van der Waals surface area contributed by atoms with Gasteiger partial charge >= 0.3 is 0 Å². The minimum atomic E-state index is -1.27. The van der Waals surface area contributed by atoms with E-state index in [-0.39, 0.29) is 18.3 Å². The van der Waals surface area contributed by atoms with Crippen LogP contribution in [-0.2, 0) is 5.60 Å². The Morgan fingerprint density at radius 1 is 1.16 bits per heavy atom. The van der Waals surface area contributed by atoms with Crippen molar-refractivity contribution in [2.75, 3.05) is 26.1 Å². The number of hydrogen-bond donors (Lipinski definition) is 3. The van der Waals surface area contributed by atoms with E-state index in [4.69, 9.17) is 15.2 Å². The molecular weight excluding hydrogens is 325 g/mol. The lowest BCUT2D eigenvalue weighted by Gasteiger charge is -2.22. The van der Waals surface area contributed by atoms with E-state index in [0.29, 0.717) is 22.7 Å². The highest BCUT2D eigenvalue weighted by Gasteiger charge is 2.22. The molecule has 4 N–H and O–H groups in total. The number of aliphatic imine (C=N–C) groups is 1. The van der Waals surface area contributed by atoms with E-state index in [0.717, 1.165) is 0 Å². The van der Waals surface area contributed by atoms with Crippen molar-refractivity contribution >= 4 is 11.6 Å². The lowest BCUT2D eigenvalue weighted by Crippen LogP contribution is -2.29. The van der Waals surface area contributed by atoms with Crippen LogP contribution in [0.4, 0.5) is 10.1 Å². The summed E-state index contributed by atoms with van der Waals surface area (Å²) in [5.41, 5.74) is 5.83. The number of aliphatic hydroxyl groups is 1. The smallest absolute Gasteiger partial charge is 0.193 e. The van der Waals surface area contributed by atoms with Gasteiger partial charge in [-0.1, -0.05) is 12.1 Å². The molecule has 0 bridgehead atoms. The molecule has 0 aliphatic heterocycles. The van der Waals surface area contributed by atoms with Crippen LogP contribution in [-0.4, -0.2) is 31.8 Å². The van der Waals surface area contributed by atoms with Crippen molar-refractivity contribution in [1.82, 2.24) is 0 Å². The van der Waals surface area contributed by atoms with E-state index < -0.39 is 5.60 Å². The molecule has 2 rings (SSSR count). The number of nitrogens with zero attached hydrogens (tertiary/aromatic N) is 1. The molecule has 1 atom stereocenters.